The number of fused-ring (bicyclic) bond motifs is 1. The predicted octanol–water partition coefficient (Wildman–Crippen LogP) is 4.71. The minimum Gasteiger partial charge on any atom is -0.361 e. The molecule has 136 valence electrons. The highest BCUT2D eigenvalue weighted by Crippen LogP contribution is 2.25. The lowest BCUT2D eigenvalue weighted by molar-refractivity contribution is 0.931. The average molecular weight is 379 g/mol. The monoisotopic (exact) mass is 378 g/mol. The summed E-state index contributed by atoms with van der Waals surface area (Å²) in [6.07, 6.45) is 4.50. The zero-order valence-electron chi connectivity index (χ0n) is 14.8. The summed E-state index contributed by atoms with van der Waals surface area (Å²) in [5.41, 5.74) is 4.27. The number of anilines is 3. The van der Waals surface area contributed by atoms with Crippen LogP contribution in [0.1, 0.15) is 11.1 Å². The van der Waals surface area contributed by atoms with Crippen molar-refractivity contribution in [1.29, 1.82) is 0 Å². The molecule has 0 saturated carbocycles. The Hall–Kier alpha value is -3.12. The third-order valence-electron chi connectivity index (χ3n) is 4.44. The molecule has 0 saturated heterocycles. The Morgan fingerprint density at radius 2 is 2.00 bits per heavy atom. The third kappa shape index (κ3) is 3.85. The number of aromatic nitrogens is 4. The number of nitrogens with one attached hydrogen (secondary N) is 3. The molecule has 2 aromatic carbocycles. The van der Waals surface area contributed by atoms with Crippen LogP contribution in [-0.4, -0.2) is 26.7 Å². The van der Waals surface area contributed by atoms with Crippen molar-refractivity contribution < 1.29 is 0 Å². The number of nitrogens with zero attached hydrogens (tertiary/aromatic N) is 3. The molecule has 4 aromatic rings. The van der Waals surface area contributed by atoms with Crippen LogP contribution in [0.2, 0.25) is 5.02 Å². The van der Waals surface area contributed by atoms with Crippen LogP contribution in [0.4, 0.5) is 17.5 Å². The summed E-state index contributed by atoms with van der Waals surface area (Å²) in [6.45, 7) is 2.67. The maximum atomic E-state index is 6.17. The van der Waals surface area contributed by atoms with Gasteiger partial charge in [0.25, 0.3) is 0 Å². The van der Waals surface area contributed by atoms with Crippen molar-refractivity contribution in [3.05, 3.63) is 71.0 Å². The van der Waals surface area contributed by atoms with Crippen molar-refractivity contribution in [2.75, 3.05) is 17.2 Å². The zero-order valence-corrected chi connectivity index (χ0v) is 15.6. The molecular weight excluding hydrogens is 360 g/mol. The summed E-state index contributed by atoms with van der Waals surface area (Å²) in [5, 5.41) is 16.5. The quantitative estimate of drug-likeness (QED) is 0.452. The van der Waals surface area contributed by atoms with Crippen molar-refractivity contribution >= 4 is 40.0 Å². The van der Waals surface area contributed by atoms with Gasteiger partial charge in [0.2, 0.25) is 5.95 Å². The first kappa shape index (κ1) is 17.3. The molecule has 3 N–H and O–H groups in total. The molecule has 27 heavy (non-hydrogen) atoms. The lowest BCUT2D eigenvalue weighted by Crippen LogP contribution is -2.09. The smallest absolute Gasteiger partial charge is 0.244 e. The first-order valence-electron chi connectivity index (χ1n) is 8.71. The van der Waals surface area contributed by atoms with Gasteiger partial charge in [0.05, 0.1) is 6.20 Å². The fourth-order valence-electron chi connectivity index (χ4n) is 2.97. The van der Waals surface area contributed by atoms with E-state index in [4.69, 9.17) is 11.6 Å². The van der Waals surface area contributed by atoms with Crippen molar-refractivity contribution in [1.82, 2.24) is 20.2 Å². The van der Waals surface area contributed by atoms with Gasteiger partial charge in [-0.05, 0) is 42.7 Å². The van der Waals surface area contributed by atoms with Crippen LogP contribution in [0.25, 0.3) is 10.9 Å². The number of benzene rings is 2. The number of hydrogen-bond donors (Lipinski definition) is 3. The Kier molecular flexibility index (Phi) is 4.89. The fourth-order valence-corrected chi connectivity index (χ4v) is 3.14. The van der Waals surface area contributed by atoms with Gasteiger partial charge in [0, 0.05) is 34.4 Å². The van der Waals surface area contributed by atoms with Crippen LogP contribution in [0.3, 0.4) is 0 Å². The van der Waals surface area contributed by atoms with Crippen molar-refractivity contribution in [2.24, 2.45) is 0 Å². The van der Waals surface area contributed by atoms with Gasteiger partial charge in [-0.15, -0.1) is 5.10 Å². The van der Waals surface area contributed by atoms with Gasteiger partial charge in [-0.2, -0.15) is 10.1 Å². The Morgan fingerprint density at radius 1 is 1.11 bits per heavy atom. The molecule has 2 aromatic heterocycles. The van der Waals surface area contributed by atoms with Crippen LogP contribution in [0.15, 0.2) is 54.9 Å². The molecule has 2 heterocycles. The lowest BCUT2D eigenvalue weighted by atomic mass is 10.1. The van der Waals surface area contributed by atoms with Gasteiger partial charge in [-0.3, -0.25) is 0 Å². The summed E-state index contributed by atoms with van der Waals surface area (Å²) in [5.74, 6) is 1.10. The number of para-hydroxylation sites is 1. The molecule has 0 aliphatic carbocycles. The lowest BCUT2D eigenvalue weighted by Gasteiger charge is -2.10. The average Bonchev–Trinajstić information content (AvgIpc) is 3.09. The SMILES string of the molecule is Cc1c(Cl)cccc1Nc1cnnc(NCCc2c[nH]c3ccccc23)n1. The maximum absolute atomic E-state index is 6.17. The minimum atomic E-state index is 0.486. The van der Waals surface area contributed by atoms with Gasteiger partial charge < -0.3 is 15.6 Å². The van der Waals surface area contributed by atoms with E-state index in [1.54, 1.807) is 6.20 Å². The minimum absolute atomic E-state index is 0.486. The first-order valence-corrected chi connectivity index (χ1v) is 9.09. The van der Waals surface area contributed by atoms with E-state index in [2.05, 4.69) is 42.9 Å². The zero-order chi connectivity index (χ0) is 18.6. The molecule has 0 aliphatic rings. The summed E-state index contributed by atoms with van der Waals surface area (Å²) in [7, 11) is 0. The molecule has 7 heteroatoms. The van der Waals surface area contributed by atoms with Crippen molar-refractivity contribution in [3.63, 3.8) is 0 Å². The van der Waals surface area contributed by atoms with Crippen LogP contribution in [-0.2, 0) is 6.42 Å². The van der Waals surface area contributed by atoms with E-state index in [1.807, 2.05) is 43.5 Å². The molecule has 0 bridgehead atoms. The van der Waals surface area contributed by atoms with Crippen LogP contribution >= 0.6 is 11.6 Å². The van der Waals surface area contributed by atoms with E-state index in [-0.39, 0.29) is 0 Å². The topological polar surface area (TPSA) is 78.5 Å². The van der Waals surface area contributed by atoms with E-state index in [1.165, 1.54) is 10.9 Å². The second kappa shape index (κ2) is 7.63. The van der Waals surface area contributed by atoms with Crippen molar-refractivity contribution in [3.8, 4) is 0 Å². The molecule has 0 aliphatic heterocycles. The molecule has 0 amide bonds. The molecule has 4 rings (SSSR count). The normalized spacial score (nSPS) is 10.9. The van der Waals surface area contributed by atoms with Gasteiger partial charge in [0.1, 0.15) is 0 Å². The van der Waals surface area contributed by atoms with Crippen molar-refractivity contribution in [2.45, 2.75) is 13.3 Å². The standard InChI is InChI=1S/C20H19ClN6/c1-13-16(21)6-4-8-17(13)25-19-12-24-27-20(26-19)22-10-9-14-11-23-18-7-3-2-5-15(14)18/h2-8,11-12,23H,9-10H2,1H3,(H2,22,25,26,27). The molecule has 0 spiro atoms. The Labute approximate surface area is 162 Å². The molecule has 0 fully saturated rings. The first-order chi connectivity index (χ1) is 13.2. The van der Waals surface area contributed by atoms with E-state index >= 15 is 0 Å². The van der Waals surface area contributed by atoms with E-state index in [9.17, 15) is 0 Å². The summed E-state index contributed by atoms with van der Waals surface area (Å²) in [6, 6.07) is 14.0. The Balaban J connectivity index is 1.41. The third-order valence-corrected chi connectivity index (χ3v) is 4.85. The molecule has 0 unspecified atom stereocenters. The highest BCUT2D eigenvalue weighted by molar-refractivity contribution is 6.31. The van der Waals surface area contributed by atoms with Gasteiger partial charge in [-0.1, -0.05) is 35.9 Å². The Morgan fingerprint density at radius 3 is 2.93 bits per heavy atom. The summed E-state index contributed by atoms with van der Waals surface area (Å²) < 4.78 is 0. The Bertz CT molecular complexity index is 1070. The second-order valence-corrected chi connectivity index (χ2v) is 6.65. The second-order valence-electron chi connectivity index (χ2n) is 6.24. The van der Waals surface area contributed by atoms with E-state index in [0.29, 0.717) is 23.3 Å². The van der Waals surface area contributed by atoms with Crippen LogP contribution in [0.5, 0.6) is 0 Å². The fraction of sp³-hybridized carbons (Fsp3) is 0.150. The van der Waals surface area contributed by atoms with Gasteiger partial charge in [0.15, 0.2) is 5.82 Å². The molecule has 0 atom stereocenters. The number of rotatable bonds is 6. The predicted molar refractivity (Wildman–Crippen MR) is 110 cm³/mol. The number of aromatic amines is 1. The summed E-state index contributed by atoms with van der Waals surface area (Å²) >= 11 is 6.17. The molecule has 6 nitrogen and oxygen atoms in total. The number of H-pyrrole nitrogens is 1. The highest BCUT2D eigenvalue weighted by Gasteiger charge is 2.06. The van der Waals surface area contributed by atoms with Gasteiger partial charge in [-0.25, -0.2) is 0 Å². The van der Waals surface area contributed by atoms with E-state index in [0.717, 1.165) is 23.2 Å². The molecule has 0 radical (unpaired) electrons. The van der Waals surface area contributed by atoms with E-state index < -0.39 is 0 Å². The number of hydrogen-bond acceptors (Lipinski definition) is 5. The van der Waals surface area contributed by atoms with Crippen LogP contribution < -0.4 is 10.6 Å². The highest BCUT2D eigenvalue weighted by atomic mass is 35.5. The largest absolute Gasteiger partial charge is 0.361 e. The van der Waals surface area contributed by atoms with Crippen LogP contribution in [0, 0.1) is 6.92 Å². The molecular formula is C20H19ClN6. The summed E-state index contributed by atoms with van der Waals surface area (Å²) in [4.78, 5) is 7.76. The van der Waals surface area contributed by atoms with Gasteiger partial charge >= 0.3 is 0 Å². The maximum Gasteiger partial charge on any atom is 0.244 e. The number of halogens is 1.